The van der Waals surface area contributed by atoms with E-state index in [0.29, 0.717) is 44.4 Å². The van der Waals surface area contributed by atoms with Crippen molar-refractivity contribution in [2.75, 3.05) is 7.11 Å². The monoisotopic (exact) mass is 843 g/mol. The van der Waals surface area contributed by atoms with Gasteiger partial charge < -0.3 is 47.1 Å². The summed E-state index contributed by atoms with van der Waals surface area (Å²) in [6.45, 7) is 25.0. The summed E-state index contributed by atoms with van der Waals surface area (Å²) in [7, 11) is -0.266. The van der Waals surface area contributed by atoms with E-state index in [-0.39, 0.29) is 114 Å². The zero-order chi connectivity index (χ0) is 41.6. The van der Waals surface area contributed by atoms with Crippen molar-refractivity contribution in [1.82, 2.24) is 0 Å². The first kappa shape index (κ1) is 43.2. The first-order valence-corrected chi connectivity index (χ1v) is 26.3. The molecule has 0 N–H and O–H groups in total. The molecule has 11 nitrogen and oxygen atoms in total. The van der Waals surface area contributed by atoms with Crippen LogP contribution in [0.3, 0.4) is 0 Å². The largest absolute Gasteiger partial charge is 0.414 e. The summed E-state index contributed by atoms with van der Waals surface area (Å²) in [5.41, 5.74) is 2.27. The highest BCUT2D eigenvalue weighted by Gasteiger charge is 2.69. The molecule has 10 saturated heterocycles. The second-order valence-corrected chi connectivity index (χ2v) is 26.2. The third-order valence-corrected chi connectivity index (χ3v) is 21.0. The molecule has 59 heavy (non-hydrogen) atoms. The van der Waals surface area contributed by atoms with Gasteiger partial charge in [0.15, 0.2) is 14.1 Å². The second kappa shape index (κ2) is 16.5. The molecule has 6 unspecified atom stereocenters. The number of fused-ring (bicyclic) bond motifs is 6. The molecule has 1 spiro atoms. The van der Waals surface area contributed by atoms with Crippen molar-refractivity contribution in [1.29, 1.82) is 0 Å². The van der Waals surface area contributed by atoms with Gasteiger partial charge in [-0.25, -0.2) is 0 Å². The van der Waals surface area contributed by atoms with Crippen LogP contribution in [0.2, 0.25) is 18.1 Å². The Balaban J connectivity index is 0.984. The normalized spacial score (nSPS) is 48.2. The lowest BCUT2D eigenvalue weighted by Crippen LogP contribution is -2.61. The predicted octanol–water partition coefficient (Wildman–Crippen LogP) is 7.92. The molecule has 0 aromatic carbocycles. The Bertz CT molecular complexity index is 1580. The minimum Gasteiger partial charge on any atom is -0.414 e. The summed E-state index contributed by atoms with van der Waals surface area (Å²) in [5, 5.41) is 0.0904. The van der Waals surface area contributed by atoms with E-state index in [1.165, 1.54) is 0 Å². The molecule has 10 aliphatic rings. The molecule has 10 fully saturated rings. The Morgan fingerprint density at radius 3 is 2.25 bits per heavy atom. The van der Waals surface area contributed by atoms with Crippen molar-refractivity contribution in [3.63, 3.8) is 0 Å². The van der Waals surface area contributed by atoms with Crippen LogP contribution in [0.4, 0.5) is 0 Å². The Kier molecular flexibility index (Phi) is 12.1. The van der Waals surface area contributed by atoms with Crippen molar-refractivity contribution in [2.24, 2.45) is 11.8 Å². The smallest absolute Gasteiger partial charge is 0.192 e. The van der Waals surface area contributed by atoms with E-state index < -0.39 is 14.1 Å². The summed E-state index contributed by atoms with van der Waals surface area (Å²) in [6.07, 6.45) is 7.84. The summed E-state index contributed by atoms with van der Waals surface area (Å²) < 4.78 is 68.3. The van der Waals surface area contributed by atoms with Gasteiger partial charge in [0.05, 0.1) is 61.0 Å². The Labute approximate surface area is 354 Å². The van der Waals surface area contributed by atoms with Crippen molar-refractivity contribution in [3.8, 4) is 0 Å². The van der Waals surface area contributed by atoms with Gasteiger partial charge in [0.1, 0.15) is 36.3 Å². The summed E-state index contributed by atoms with van der Waals surface area (Å²) in [4.78, 5) is 14.4. The van der Waals surface area contributed by atoms with Crippen LogP contribution in [0.5, 0.6) is 0 Å². The van der Waals surface area contributed by atoms with Crippen LogP contribution >= 0.6 is 0 Å². The maximum absolute atomic E-state index is 14.4. The third-order valence-electron chi connectivity index (χ3n) is 16.4. The van der Waals surface area contributed by atoms with Gasteiger partial charge in [-0.3, -0.25) is 4.79 Å². The number of carbonyl (C=O) groups excluding carboxylic acids is 1. The fourth-order valence-electron chi connectivity index (χ4n) is 12.1. The molecular formula is C47H74O11Si. The van der Waals surface area contributed by atoms with E-state index in [0.717, 1.165) is 62.5 Å². The quantitative estimate of drug-likeness (QED) is 0.192. The van der Waals surface area contributed by atoms with E-state index in [4.69, 9.17) is 47.1 Å². The first-order valence-electron chi connectivity index (χ1n) is 23.4. The number of rotatable bonds is 6. The molecule has 332 valence electrons. The van der Waals surface area contributed by atoms with Gasteiger partial charge in [-0.1, -0.05) is 47.8 Å². The molecule has 10 rings (SSSR count). The van der Waals surface area contributed by atoms with E-state index >= 15 is 0 Å². The number of carbonyl (C=O) groups is 1. The van der Waals surface area contributed by atoms with Crippen LogP contribution < -0.4 is 0 Å². The SMILES string of the molecule is C=C1C[C@@H]2CC[C@@]34C[C@@H]5O[C@H]6[C@@H](O3)C3OC(CCC3O[C@H]6C5O4)CC(=O)C[C@@H]3[C@@H](OC)[C@@H](C[C@H](CC)O[Si](C)(C)C(C)(C)C)O[C@H]3CC3O[C@@H](CCC1O2)C[C@@H](C)C3=C. The van der Waals surface area contributed by atoms with E-state index in [9.17, 15) is 4.79 Å². The zero-order valence-electron chi connectivity index (χ0n) is 37.2. The predicted molar refractivity (Wildman–Crippen MR) is 224 cm³/mol. The van der Waals surface area contributed by atoms with Crippen LogP contribution in [0.15, 0.2) is 24.3 Å². The van der Waals surface area contributed by atoms with Gasteiger partial charge >= 0.3 is 0 Å². The average molecular weight is 843 g/mol. The van der Waals surface area contributed by atoms with Crippen molar-refractivity contribution in [3.05, 3.63) is 24.3 Å². The molecule has 12 heteroatoms. The third kappa shape index (κ3) is 8.30. The number of ketones is 1. The van der Waals surface area contributed by atoms with Crippen LogP contribution in [-0.4, -0.2) is 125 Å². The molecular weight excluding hydrogens is 769 g/mol. The first-order chi connectivity index (χ1) is 28.0. The van der Waals surface area contributed by atoms with Gasteiger partial charge in [-0.15, -0.1) is 0 Å². The molecule has 0 aromatic heterocycles. The molecule has 0 amide bonds. The molecule has 10 heterocycles. The maximum Gasteiger partial charge on any atom is 0.192 e. The van der Waals surface area contributed by atoms with Crippen molar-refractivity contribution >= 4 is 14.1 Å². The molecule has 0 aliphatic carbocycles. The van der Waals surface area contributed by atoms with Crippen LogP contribution in [-0.2, 0) is 51.9 Å². The van der Waals surface area contributed by atoms with Gasteiger partial charge in [-0.05, 0) is 86.6 Å². The van der Waals surface area contributed by atoms with Crippen molar-refractivity contribution in [2.45, 2.75) is 246 Å². The number of methoxy groups -OCH3 is 1. The highest BCUT2D eigenvalue weighted by atomic mass is 28.4. The minimum absolute atomic E-state index is 0.000872. The van der Waals surface area contributed by atoms with E-state index in [2.05, 4.69) is 60.9 Å². The van der Waals surface area contributed by atoms with Crippen LogP contribution in [0.1, 0.15) is 125 Å². The Hall–Kier alpha value is -1.03. The minimum atomic E-state index is -2.04. The molecule has 0 saturated carbocycles. The van der Waals surface area contributed by atoms with E-state index in [1.807, 2.05) is 0 Å². The Morgan fingerprint density at radius 1 is 0.780 bits per heavy atom. The molecule has 0 radical (unpaired) electrons. The van der Waals surface area contributed by atoms with Gasteiger partial charge in [0.2, 0.25) is 0 Å². The van der Waals surface area contributed by atoms with Crippen LogP contribution in [0.25, 0.3) is 0 Å². The lowest BCUT2D eigenvalue weighted by Gasteiger charge is -2.47. The second-order valence-electron chi connectivity index (χ2n) is 21.4. The fraction of sp³-hybridized carbons (Fsp3) is 0.894. The van der Waals surface area contributed by atoms with Gasteiger partial charge in [0, 0.05) is 57.7 Å². The molecule has 19 atom stereocenters. The van der Waals surface area contributed by atoms with Gasteiger partial charge in [-0.2, -0.15) is 0 Å². The molecule has 0 aromatic rings. The Morgan fingerprint density at radius 2 is 1.49 bits per heavy atom. The lowest BCUT2D eigenvalue weighted by molar-refractivity contribution is -0.292. The number of hydrogen-bond donors (Lipinski definition) is 0. The number of hydrogen-bond acceptors (Lipinski definition) is 11. The fourth-order valence-corrected chi connectivity index (χ4v) is 13.5. The highest BCUT2D eigenvalue weighted by molar-refractivity contribution is 6.74. The van der Waals surface area contributed by atoms with Crippen LogP contribution in [0, 0.1) is 11.8 Å². The summed E-state index contributed by atoms with van der Waals surface area (Å²) >= 11 is 0. The molecule has 12 bridgehead atoms. The number of ether oxygens (including phenoxy) is 9. The summed E-state index contributed by atoms with van der Waals surface area (Å²) in [5.74, 6) is -0.440. The molecule has 10 aliphatic heterocycles. The van der Waals surface area contributed by atoms with Gasteiger partial charge in [0.25, 0.3) is 0 Å². The lowest BCUT2D eigenvalue weighted by atomic mass is 9.81. The topological polar surface area (TPSA) is 109 Å². The van der Waals surface area contributed by atoms with E-state index in [1.54, 1.807) is 7.11 Å². The number of Topliss-reactive ketones (excluding diaryl/α,β-unsaturated/α-hetero) is 1. The zero-order valence-corrected chi connectivity index (χ0v) is 38.2. The summed E-state index contributed by atoms with van der Waals surface area (Å²) in [6, 6.07) is 0. The standard InChI is InChI=1S/C47H74O11Si/c1-11-29(58-59(9,10)46(5,6)7)22-38-40(49-8)33-21-28(48)20-31-13-15-35-41(52-31)45-44-43(54-35)42-39(55-44)24-47(56-42,57-45)17-16-32-19-26(3)34(50-32)14-12-30-18-25(2)27(4)36(51-30)23-37(33)53-38/h25,29-45H,3-4,11-24H2,1-2,5-10H3/t25-,29+,30+,31?,32+,33+,34?,35?,36?,37+,38-,39+,40-,41?,42?,43+,44-,45+,47+/m1/s1. The maximum atomic E-state index is 14.4. The van der Waals surface area contributed by atoms with Crippen molar-refractivity contribution < 1.29 is 51.9 Å². The highest BCUT2D eigenvalue weighted by Crippen LogP contribution is 2.54. The average Bonchev–Trinajstić information content (AvgIpc) is 3.85.